The number of piperidine rings is 1. The first kappa shape index (κ1) is 15.8. The fraction of sp³-hybridized carbons (Fsp3) is 0.615. The molecule has 1 atom stereocenters. The quantitative estimate of drug-likeness (QED) is 0.856. The van der Waals surface area contributed by atoms with Gasteiger partial charge in [0.05, 0.1) is 18.1 Å². The van der Waals surface area contributed by atoms with Gasteiger partial charge in [-0.05, 0) is 25.7 Å². The van der Waals surface area contributed by atoms with E-state index in [1.807, 2.05) is 6.92 Å². The molecule has 0 spiro atoms. The van der Waals surface area contributed by atoms with Gasteiger partial charge in [0.1, 0.15) is 5.69 Å². The summed E-state index contributed by atoms with van der Waals surface area (Å²) >= 11 is 0. The van der Waals surface area contributed by atoms with Crippen LogP contribution in [-0.2, 0) is 10.0 Å². The van der Waals surface area contributed by atoms with Crippen LogP contribution in [0.4, 0.5) is 0 Å². The summed E-state index contributed by atoms with van der Waals surface area (Å²) < 4.78 is 24.8. The monoisotopic (exact) mass is 312 g/mol. The predicted molar refractivity (Wildman–Crippen MR) is 78.2 cm³/mol. The SMILES string of the molecule is Cc1cnc(C(=O)N2CCC[C@@H](CNS(C)(=O)=O)C2)cn1. The largest absolute Gasteiger partial charge is 0.337 e. The molecule has 2 rings (SSSR count). The summed E-state index contributed by atoms with van der Waals surface area (Å²) in [6.45, 7) is 3.39. The van der Waals surface area contributed by atoms with Crippen molar-refractivity contribution in [1.29, 1.82) is 0 Å². The molecule has 116 valence electrons. The van der Waals surface area contributed by atoms with Crippen molar-refractivity contribution < 1.29 is 13.2 Å². The molecule has 0 radical (unpaired) electrons. The summed E-state index contributed by atoms with van der Waals surface area (Å²) in [6, 6.07) is 0. The van der Waals surface area contributed by atoms with Gasteiger partial charge in [-0.25, -0.2) is 18.1 Å². The maximum Gasteiger partial charge on any atom is 0.274 e. The number of likely N-dealkylation sites (tertiary alicyclic amines) is 1. The molecule has 2 heterocycles. The minimum Gasteiger partial charge on any atom is -0.337 e. The number of nitrogens with one attached hydrogen (secondary N) is 1. The Balaban J connectivity index is 1.97. The molecule has 1 aliphatic rings. The van der Waals surface area contributed by atoms with E-state index in [4.69, 9.17) is 0 Å². The van der Waals surface area contributed by atoms with Gasteiger partial charge in [0, 0.05) is 25.8 Å². The van der Waals surface area contributed by atoms with Crippen molar-refractivity contribution in [3.63, 3.8) is 0 Å². The standard InChI is InChI=1S/C13H20N4O3S/c1-10-6-15-12(8-14-10)13(18)17-5-3-4-11(9-17)7-16-21(2,19)20/h6,8,11,16H,3-5,7,9H2,1-2H3/t11-/m0/s1. The second-order valence-corrected chi connectivity index (χ2v) is 7.26. The highest BCUT2D eigenvalue weighted by atomic mass is 32.2. The van der Waals surface area contributed by atoms with E-state index in [1.54, 1.807) is 11.1 Å². The van der Waals surface area contributed by atoms with Gasteiger partial charge in [0.2, 0.25) is 10.0 Å². The Kier molecular flexibility index (Phi) is 4.89. The Hall–Kier alpha value is -1.54. The summed E-state index contributed by atoms with van der Waals surface area (Å²) in [5, 5.41) is 0. The van der Waals surface area contributed by atoms with Crippen LogP contribution in [0.15, 0.2) is 12.4 Å². The van der Waals surface area contributed by atoms with Gasteiger partial charge in [-0.1, -0.05) is 0 Å². The van der Waals surface area contributed by atoms with Gasteiger partial charge >= 0.3 is 0 Å². The van der Waals surface area contributed by atoms with Gasteiger partial charge in [-0.2, -0.15) is 0 Å². The van der Waals surface area contributed by atoms with E-state index in [9.17, 15) is 13.2 Å². The summed E-state index contributed by atoms with van der Waals surface area (Å²) in [4.78, 5) is 22.2. The molecule has 0 aliphatic carbocycles. The van der Waals surface area contributed by atoms with E-state index in [-0.39, 0.29) is 11.8 Å². The first-order chi connectivity index (χ1) is 9.85. The Labute approximate surface area is 124 Å². The van der Waals surface area contributed by atoms with Crippen LogP contribution in [0.2, 0.25) is 0 Å². The second kappa shape index (κ2) is 6.48. The average Bonchev–Trinajstić information content (AvgIpc) is 2.45. The number of aryl methyl sites for hydroxylation is 1. The van der Waals surface area contributed by atoms with Crippen LogP contribution in [0.25, 0.3) is 0 Å². The highest BCUT2D eigenvalue weighted by molar-refractivity contribution is 7.88. The van der Waals surface area contributed by atoms with E-state index in [0.717, 1.165) is 24.8 Å². The fourth-order valence-electron chi connectivity index (χ4n) is 2.35. The molecule has 1 saturated heterocycles. The molecule has 1 N–H and O–H groups in total. The molecule has 0 aromatic carbocycles. The van der Waals surface area contributed by atoms with Gasteiger partial charge in [-0.15, -0.1) is 0 Å². The average molecular weight is 312 g/mol. The zero-order valence-corrected chi connectivity index (χ0v) is 13.1. The Morgan fingerprint density at radius 3 is 2.81 bits per heavy atom. The van der Waals surface area contributed by atoms with Crippen LogP contribution in [0.3, 0.4) is 0 Å². The first-order valence-corrected chi connectivity index (χ1v) is 8.77. The van der Waals surface area contributed by atoms with Crippen molar-refractivity contribution in [2.45, 2.75) is 19.8 Å². The lowest BCUT2D eigenvalue weighted by Crippen LogP contribution is -2.43. The Bertz CT molecular complexity index is 600. The lowest BCUT2D eigenvalue weighted by Gasteiger charge is -2.32. The minimum atomic E-state index is -3.19. The molecule has 7 nitrogen and oxygen atoms in total. The number of aromatic nitrogens is 2. The Morgan fingerprint density at radius 1 is 1.43 bits per heavy atom. The number of hydrogen-bond donors (Lipinski definition) is 1. The third-order valence-electron chi connectivity index (χ3n) is 3.44. The summed E-state index contributed by atoms with van der Waals surface area (Å²) in [6.07, 6.45) is 5.96. The van der Waals surface area contributed by atoms with Crippen molar-refractivity contribution in [3.05, 3.63) is 23.8 Å². The second-order valence-electron chi connectivity index (χ2n) is 5.42. The van der Waals surface area contributed by atoms with E-state index in [1.165, 1.54) is 6.20 Å². The molecule has 0 bridgehead atoms. The predicted octanol–water partition coefficient (Wildman–Crippen LogP) is 0.186. The normalized spacial score (nSPS) is 19.5. The van der Waals surface area contributed by atoms with E-state index >= 15 is 0 Å². The molecule has 1 aliphatic heterocycles. The molecular formula is C13H20N4O3S. The van der Waals surface area contributed by atoms with Crippen LogP contribution < -0.4 is 4.72 Å². The van der Waals surface area contributed by atoms with Crippen LogP contribution in [-0.4, -0.2) is 55.1 Å². The van der Waals surface area contributed by atoms with Crippen molar-refractivity contribution in [2.75, 3.05) is 25.9 Å². The number of amides is 1. The molecule has 21 heavy (non-hydrogen) atoms. The van der Waals surface area contributed by atoms with Gasteiger partial charge in [0.25, 0.3) is 5.91 Å². The van der Waals surface area contributed by atoms with Gasteiger partial charge in [-0.3, -0.25) is 9.78 Å². The molecule has 0 saturated carbocycles. The minimum absolute atomic E-state index is 0.135. The maximum absolute atomic E-state index is 12.3. The first-order valence-electron chi connectivity index (χ1n) is 6.88. The molecule has 8 heteroatoms. The summed E-state index contributed by atoms with van der Waals surface area (Å²) in [5.74, 6) is -0.0117. The molecule has 0 unspecified atom stereocenters. The van der Waals surface area contributed by atoms with E-state index in [0.29, 0.717) is 25.3 Å². The van der Waals surface area contributed by atoms with Crippen LogP contribution in [0.1, 0.15) is 29.0 Å². The highest BCUT2D eigenvalue weighted by Crippen LogP contribution is 2.17. The Morgan fingerprint density at radius 2 is 2.19 bits per heavy atom. The van der Waals surface area contributed by atoms with E-state index in [2.05, 4.69) is 14.7 Å². The lowest BCUT2D eigenvalue weighted by atomic mass is 9.98. The highest BCUT2D eigenvalue weighted by Gasteiger charge is 2.25. The topological polar surface area (TPSA) is 92.3 Å². The zero-order chi connectivity index (χ0) is 15.5. The van der Waals surface area contributed by atoms with Gasteiger partial charge < -0.3 is 4.90 Å². The van der Waals surface area contributed by atoms with Gasteiger partial charge in [0.15, 0.2) is 0 Å². The third-order valence-corrected chi connectivity index (χ3v) is 4.13. The molecule has 1 aromatic rings. The summed E-state index contributed by atoms with van der Waals surface area (Å²) in [5.41, 5.74) is 1.10. The zero-order valence-electron chi connectivity index (χ0n) is 12.2. The number of hydrogen-bond acceptors (Lipinski definition) is 5. The lowest BCUT2D eigenvalue weighted by molar-refractivity contribution is 0.0670. The molecule has 1 fully saturated rings. The molecule has 1 aromatic heterocycles. The fourth-order valence-corrected chi connectivity index (χ4v) is 2.89. The van der Waals surface area contributed by atoms with Crippen molar-refractivity contribution in [2.24, 2.45) is 5.92 Å². The number of nitrogens with zero attached hydrogens (tertiary/aromatic N) is 3. The van der Waals surface area contributed by atoms with Crippen LogP contribution in [0.5, 0.6) is 0 Å². The number of carbonyl (C=O) groups excluding carboxylic acids is 1. The molecular weight excluding hydrogens is 292 g/mol. The van der Waals surface area contributed by atoms with Crippen LogP contribution >= 0.6 is 0 Å². The number of rotatable bonds is 4. The van der Waals surface area contributed by atoms with Crippen molar-refractivity contribution >= 4 is 15.9 Å². The van der Waals surface area contributed by atoms with E-state index < -0.39 is 10.0 Å². The number of carbonyl (C=O) groups is 1. The molecule has 1 amide bonds. The maximum atomic E-state index is 12.3. The van der Waals surface area contributed by atoms with Crippen molar-refractivity contribution in [3.8, 4) is 0 Å². The third kappa shape index (κ3) is 4.75. The smallest absolute Gasteiger partial charge is 0.274 e. The van der Waals surface area contributed by atoms with Crippen molar-refractivity contribution in [1.82, 2.24) is 19.6 Å². The van der Waals surface area contributed by atoms with Crippen LogP contribution in [0, 0.1) is 12.8 Å². The summed E-state index contributed by atoms with van der Waals surface area (Å²) in [7, 11) is -3.19. The number of sulfonamides is 1.